The van der Waals surface area contributed by atoms with Crippen molar-refractivity contribution in [1.29, 1.82) is 0 Å². The summed E-state index contributed by atoms with van der Waals surface area (Å²) in [5.41, 5.74) is 0. The highest BCUT2D eigenvalue weighted by Gasteiger charge is 2.19. The molecule has 0 saturated heterocycles. The van der Waals surface area contributed by atoms with Gasteiger partial charge in [-0.25, -0.2) is 0 Å². The Balaban J connectivity index is 4.12. The second-order valence-corrected chi connectivity index (χ2v) is 21.6. The zero-order valence-corrected chi connectivity index (χ0v) is 51.6. The van der Waals surface area contributed by atoms with Crippen molar-refractivity contribution < 1.29 is 28.6 Å². The van der Waals surface area contributed by atoms with Crippen molar-refractivity contribution in [3.63, 3.8) is 0 Å². The number of carbonyl (C=O) groups is 3. The summed E-state index contributed by atoms with van der Waals surface area (Å²) in [5.74, 6) is -0.912. The number of allylic oxidation sites excluding steroid dienone is 20. The second kappa shape index (κ2) is 66.3. The lowest BCUT2D eigenvalue weighted by Crippen LogP contribution is -2.30. The van der Waals surface area contributed by atoms with E-state index >= 15 is 0 Å². The lowest BCUT2D eigenvalue weighted by atomic mass is 10.0. The van der Waals surface area contributed by atoms with Gasteiger partial charge in [0.2, 0.25) is 0 Å². The van der Waals surface area contributed by atoms with Crippen LogP contribution in [0.25, 0.3) is 0 Å². The topological polar surface area (TPSA) is 78.9 Å². The Morgan fingerprint density at radius 2 is 0.494 bits per heavy atom. The highest BCUT2D eigenvalue weighted by molar-refractivity contribution is 5.71. The Kier molecular flexibility index (Phi) is 62.8. The van der Waals surface area contributed by atoms with Crippen LogP contribution in [0.4, 0.5) is 0 Å². The predicted octanol–water partition coefficient (Wildman–Crippen LogP) is 22.8. The average Bonchev–Trinajstić information content (AvgIpc) is 3.45. The van der Waals surface area contributed by atoms with Crippen molar-refractivity contribution in [3.05, 3.63) is 122 Å². The molecule has 6 nitrogen and oxygen atoms in total. The fraction of sp³-hybridized carbons (Fsp3) is 0.685. The second-order valence-electron chi connectivity index (χ2n) is 21.6. The van der Waals surface area contributed by atoms with Crippen LogP contribution in [-0.2, 0) is 28.6 Å². The van der Waals surface area contributed by atoms with Crippen molar-refractivity contribution in [2.75, 3.05) is 13.2 Å². The van der Waals surface area contributed by atoms with E-state index < -0.39 is 6.10 Å². The maximum absolute atomic E-state index is 12.9. The molecule has 0 aliphatic heterocycles. The zero-order valence-electron chi connectivity index (χ0n) is 51.6. The van der Waals surface area contributed by atoms with Crippen LogP contribution >= 0.6 is 0 Å². The summed E-state index contributed by atoms with van der Waals surface area (Å²) >= 11 is 0. The van der Waals surface area contributed by atoms with Gasteiger partial charge < -0.3 is 14.2 Å². The summed E-state index contributed by atoms with van der Waals surface area (Å²) < 4.78 is 16.8. The molecule has 0 bridgehead atoms. The monoisotopic (exact) mass is 1090 g/mol. The van der Waals surface area contributed by atoms with Crippen molar-refractivity contribution in [3.8, 4) is 0 Å². The SMILES string of the molecule is CC/C=C\C/C=C\C/C=C\C/C=C\C/C=C\C/C=C\CCCCCCC(=O)OC(COC(=O)CCCCCCCCC)COC(=O)CCCCCCCCCCCCCCCCCCCC/C=C\C/C=C\C/C=C\C/C=C\CC. The first-order valence-corrected chi connectivity index (χ1v) is 33.0. The van der Waals surface area contributed by atoms with Crippen molar-refractivity contribution in [2.45, 2.75) is 309 Å². The molecule has 0 saturated carbocycles. The number of hydrogen-bond donors (Lipinski definition) is 0. The fourth-order valence-electron chi connectivity index (χ4n) is 9.09. The smallest absolute Gasteiger partial charge is 0.306 e. The van der Waals surface area contributed by atoms with Gasteiger partial charge in [0.25, 0.3) is 0 Å². The molecule has 0 radical (unpaired) electrons. The highest BCUT2D eigenvalue weighted by atomic mass is 16.6. The van der Waals surface area contributed by atoms with Gasteiger partial charge in [0, 0.05) is 19.3 Å². The van der Waals surface area contributed by atoms with E-state index in [1.807, 2.05) is 0 Å². The maximum atomic E-state index is 12.9. The van der Waals surface area contributed by atoms with E-state index in [1.165, 1.54) is 128 Å². The molecule has 0 spiro atoms. The summed E-state index contributed by atoms with van der Waals surface area (Å²) in [7, 11) is 0. The summed E-state index contributed by atoms with van der Waals surface area (Å²) in [4.78, 5) is 38.1. The Bertz CT molecular complexity index is 1640. The molecule has 0 aromatic carbocycles. The molecule has 0 fully saturated rings. The number of hydrogen-bond acceptors (Lipinski definition) is 6. The molecule has 79 heavy (non-hydrogen) atoms. The first-order valence-electron chi connectivity index (χ1n) is 33.0. The van der Waals surface area contributed by atoms with Gasteiger partial charge in [-0.1, -0.05) is 296 Å². The Morgan fingerprint density at radius 1 is 0.266 bits per heavy atom. The van der Waals surface area contributed by atoms with Gasteiger partial charge in [-0.05, 0) is 109 Å². The highest BCUT2D eigenvalue weighted by Crippen LogP contribution is 2.17. The zero-order chi connectivity index (χ0) is 57.1. The van der Waals surface area contributed by atoms with Crippen molar-refractivity contribution >= 4 is 17.9 Å². The van der Waals surface area contributed by atoms with Gasteiger partial charge in [0.1, 0.15) is 13.2 Å². The van der Waals surface area contributed by atoms with Crippen LogP contribution in [0.15, 0.2) is 122 Å². The van der Waals surface area contributed by atoms with E-state index in [9.17, 15) is 14.4 Å². The number of rotatable bonds is 59. The standard InChI is InChI=1S/C73H122O6/c1-4-7-10-13-16-18-20-22-24-26-28-30-32-33-34-35-36-37-38-39-41-42-44-46-48-50-52-54-57-60-63-66-72(75)78-69-70(68-77-71(74)65-62-59-56-15-12-9-6-3)79-73(76)67-64-61-58-55-53-51-49-47-45-43-40-31-29-27-25-23-21-19-17-14-11-8-5-2/h7-8,10-11,16-19,22-25,28-31,43,45,49,51,70H,4-6,9,12-15,20-21,26-27,32-42,44,46-48,50,52-69H2,1-3H3/b10-7-,11-8-,18-16-,19-17-,24-22-,25-23-,30-28-,31-29-,45-43-,51-49-. The molecule has 450 valence electrons. The van der Waals surface area contributed by atoms with Gasteiger partial charge in [0.05, 0.1) is 0 Å². The number of unbranched alkanes of at least 4 members (excludes halogenated alkanes) is 28. The molecule has 1 atom stereocenters. The Morgan fingerprint density at radius 3 is 0.772 bits per heavy atom. The van der Waals surface area contributed by atoms with E-state index in [2.05, 4.69) is 142 Å². The van der Waals surface area contributed by atoms with Gasteiger partial charge in [0.15, 0.2) is 6.10 Å². The molecule has 1 unspecified atom stereocenters. The molecule has 0 heterocycles. The normalized spacial score (nSPS) is 12.9. The van der Waals surface area contributed by atoms with E-state index in [4.69, 9.17) is 14.2 Å². The molecule has 0 amide bonds. The summed E-state index contributed by atoms with van der Waals surface area (Å²) in [6, 6.07) is 0. The quantitative estimate of drug-likeness (QED) is 0.0261. The molecule has 6 heteroatoms. The van der Waals surface area contributed by atoms with Crippen LogP contribution in [0.5, 0.6) is 0 Å². The molecule has 0 aromatic rings. The predicted molar refractivity (Wildman–Crippen MR) is 343 cm³/mol. The molecular weight excluding hydrogens is 973 g/mol. The van der Waals surface area contributed by atoms with Crippen LogP contribution in [0.2, 0.25) is 0 Å². The Hall–Kier alpha value is -4.19. The first-order chi connectivity index (χ1) is 39.0. The lowest BCUT2D eigenvalue weighted by Gasteiger charge is -2.18. The summed E-state index contributed by atoms with van der Waals surface area (Å²) in [6.45, 7) is 6.37. The Labute approximate surface area is 488 Å². The summed E-state index contributed by atoms with van der Waals surface area (Å²) in [6.07, 6.45) is 92.4. The minimum absolute atomic E-state index is 0.0874. The van der Waals surface area contributed by atoms with E-state index in [0.717, 1.165) is 135 Å². The van der Waals surface area contributed by atoms with Crippen molar-refractivity contribution in [1.82, 2.24) is 0 Å². The number of ether oxygens (including phenoxy) is 3. The third kappa shape index (κ3) is 64.5. The van der Waals surface area contributed by atoms with E-state index in [0.29, 0.717) is 19.3 Å². The van der Waals surface area contributed by atoms with Crippen LogP contribution in [0, 0.1) is 0 Å². The molecule has 0 aliphatic rings. The van der Waals surface area contributed by atoms with Gasteiger partial charge in [-0.15, -0.1) is 0 Å². The van der Waals surface area contributed by atoms with Crippen LogP contribution in [0.1, 0.15) is 303 Å². The third-order valence-corrected chi connectivity index (χ3v) is 14.0. The van der Waals surface area contributed by atoms with Gasteiger partial charge in [-0.3, -0.25) is 14.4 Å². The van der Waals surface area contributed by atoms with Crippen LogP contribution in [-0.4, -0.2) is 37.2 Å². The third-order valence-electron chi connectivity index (χ3n) is 14.0. The largest absolute Gasteiger partial charge is 0.462 e. The number of esters is 3. The van der Waals surface area contributed by atoms with Crippen LogP contribution < -0.4 is 0 Å². The molecule has 0 N–H and O–H groups in total. The van der Waals surface area contributed by atoms with Crippen LogP contribution in [0.3, 0.4) is 0 Å². The van der Waals surface area contributed by atoms with Crippen molar-refractivity contribution in [2.24, 2.45) is 0 Å². The average molecular weight is 1100 g/mol. The molecule has 0 aliphatic carbocycles. The lowest BCUT2D eigenvalue weighted by molar-refractivity contribution is -0.167. The minimum Gasteiger partial charge on any atom is -0.462 e. The minimum atomic E-state index is -0.791. The fourth-order valence-corrected chi connectivity index (χ4v) is 9.09. The summed E-state index contributed by atoms with van der Waals surface area (Å²) in [5, 5.41) is 0. The maximum Gasteiger partial charge on any atom is 0.306 e. The van der Waals surface area contributed by atoms with Gasteiger partial charge in [-0.2, -0.15) is 0 Å². The number of carbonyl (C=O) groups excluding carboxylic acids is 3. The molecule has 0 aromatic heterocycles. The van der Waals surface area contributed by atoms with Gasteiger partial charge >= 0.3 is 17.9 Å². The molecular formula is C73H122O6. The van der Waals surface area contributed by atoms with E-state index in [1.54, 1.807) is 0 Å². The molecule has 0 rings (SSSR count). The van der Waals surface area contributed by atoms with E-state index in [-0.39, 0.29) is 31.1 Å². The first kappa shape index (κ1) is 74.8.